The zero-order chi connectivity index (χ0) is 14.6. The van der Waals surface area contributed by atoms with E-state index >= 15 is 0 Å². The van der Waals surface area contributed by atoms with E-state index in [1.807, 2.05) is 12.1 Å². The normalized spacial score (nSPS) is 18.6. The number of methoxy groups -OCH3 is 1. The lowest BCUT2D eigenvalue weighted by Gasteiger charge is -2.38. The first-order chi connectivity index (χ1) is 9.54. The fourth-order valence-electron chi connectivity index (χ4n) is 2.73. The van der Waals surface area contributed by atoms with E-state index in [-0.39, 0.29) is 0 Å². The maximum absolute atomic E-state index is 10.2. The summed E-state index contributed by atoms with van der Waals surface area (Å²) < 4.78 is 5.43. The van der Waals surface area contributed by atoms with Gasteiger partial charge in [0.05, 0.1) is 12.7 Å². The number of nitrogens with one attached hydrogen (secondary N) is 1. The summed E-state index contributed by atoms with van der Waals surface area (Å²) in [6, 6.07) is 8.53. The molecule has 0 spiro atoms. The summed E-state index contributed by atoms with van der Waals surface area (Å²) in [7, 11) is 1.72. The third-order valence-electron chi connectivity index (χ3n) is 4.41. The van der Waals surface area contributed by atoms with Crippen LogP contribution in [-0.4, -0.2) is 30.4 Å². The molecular weight excluding hydrogens is 250 g/mol. The first-order valence-corrected chi connectivity index (χ1v) is 7.62. The molecule has 1 aliphatic carbocycles. The van der Waals surface area contributed by atoms with Crippen molar-refractivity contribution in [2.24, 2.45) is 5.92 Å². The SMILES string of the molecule is COc1ccccc1CC(NCC1(O)CCC1)C(C)C. The van der Waals surface area contributed by atoms with E-state index in [9.17, 15) is 5.11 Å². The first kappa shape index (κ1) is 15.3. The number of ether oxygens (including phenoxy) is 1. The largest absolute Gasteiger partial charge is 0.496 e. The van der Waals surface area contributed by atoms with Gasteiger partial charge in [-0.3, -0.25) is 0 Å². The van der Waals surface area contributed by atoms with Gasteiger partial charge in [-0.05, 0) is 43.2 Å². The predicted molar refractivity (Wildman–Crippen MR) is 82.1 cm³/mol. The molecule has 3 nitrogen and oxygen atoms in total. The van der Waals surface area contributed by atoms with E-state index in [1.165, 1.54) is 5.56 Å². The quantitative estimate of drug-likeness (QED) is 0.805. The van der Waals surface area contributed by atoms with Gasteiger partial charge in [-0.1, -0.05) is 32.0 Å². The summed E-state index contributed by atoms with van der Waals surface area (Å²) in [5.74, 6) is 1.46. The Morgan fingerprint density at radius 3 is 2.55 bits per heavy atom. The van der Waals surface area contributed by atoms with E-state index in [0.29, 0.717) is 18.5 Å². The van der Waals surface area contributed by atoms with Gasteiger partial charge >= 0.3 is 0 Å². The van der Waals surface area contributed by atoms with E-state index < -0.39 is 5.60 Å². The van der Waals surface area contributed by atoms with Crippen molar-refractivity contribution in [3.63, 3.8) is 0 Å². The minimum absolute atomic E-state index is 0.357. The molecule has 20 heavy (non-hydrogen) atoms. The van der Waals surface area contributed by atoms with Crippen LogP contribution in [0.15, 0.2) is 24.3 Å². The Morgan fingerprint density at radius 2 is 2.00 bits per heavy atom. The van der Waals surface area contributed by atoms with Crippen molar-refractivity contribution >= 4 is 0 Å². The van der Waals surface area contributed by atoms with Gasteiger partial charge in [0.1, 0.15) is 5.75 Å². The van der Waals surface area contributed by atoms with E-state index in [2.05, 4.69) is 31.3 Å². The van der Waals surface area contributed by atoms with Crippen LogP contribution in [0, 0.1) is 5.92 Å². The summed E-state index contributed by atoms with van der Waals surface area (Å²) in [5, 5.41) is 13.8. The topological polar surface area (TPSA) is 41.5 Å². The second-order valence-corrected chi connectivity index (χ2v) is 6.33. The Labute approximate surface area is 122 Å². The standard InChI is InChI=1S/C17H27NO2/c1-13(2)15(18-12-17(19)9-6-10-17)11-14-7-4-5-8-16(14)20-3/h4-5,7-8,13,15,18-19H,6,9-12H2,1-3H3. The number of para-hydroxylation sites is 1. The van der Waals surface area contributed by atoms with Crippen molar-refractivity contribution in [3.8, 4) is 5.75 Å². The summed E-state index contributed by atoms with van der Waals surface area (Å²) in [5.41, 5.74) is 0.760. The van der Waals surface area contributed by atoms with Crippen molar-refractivity contribution in [1.29, 1.82) is 0 Å². The van der Waals surface area contributed by atoms with Gasteiger partial charge in [0.15, 0.2) is 0 Å². The fourth-order valence-corrected chi connectivity index (χ4v) is 2.73. The summed E-state index contributed by atoms with van der Waals surface area (Å²) in [6.45, 7) is 5.14. The van der Waals surface area contributed by atoms with E-state index in [0.717, 1.165) is 31.4 Å². The Morgan fingerprint density at radius 1 is 1.30 bits per heavy atom. The zero-order valence-corrected chi connectivity index (χ0v) is 12.9. The second-order valence-electron chi connectivity index (χ2n) is 6.33. The maximum atomic E-state index is 10.2. The number of aliphatic hydroxyl groups is 1. The number of hydrogen-bond donors (Lipinski definition) is 2. The molecule has 2 rings (SSSR count). The Hall–Kier alpha value is -1.06. The molecule has 1 unspecified atom stereocenters. The smallest absolute Gasteiger partial charge is 0.122 e. The van der Waals surface area contributed by atoms with Gasteiger partial charge < -0.3 is 15.2 Å². The molecule has 0 heterocycles. The maximum Gasteiger partial charge on any atom is 0.122 e. The highest BCUT2D eigenvalue weighted by Gasteiger charge is 2.34. The van der Waals surface area contributed by atoms with Crippen molar-refractivity contribution < 1.29 is 9.84 Å². The highest BCUT2D eigenvalue weighted by atomic mass is 16.5. The van der Waals surface area contributed by atoms with Crippen molar-refractivity contribution in [3.05, 3.63) is 29.8 Å². The van der Waals surface area contributed by atoms with Crippen LogP contribution in [0.4, 0.5) is 0 Å². The lowest BCUT2D eigenvalue weighted by molar-refractivity contribution is -0.0341. The highest BCUT2D eigenvalue weighted by molar-refractivity contribution is 5.33. The highest BCUT2D eigenvalue weighted by Crippen LogP contribution is 2.31. The summed E-state index contributed by atoms with van der Waals surface area (Å²) in [4.78, 5) is 0. The third kappa shape index (κ3) is 3.74. The number of rotatable bonds is 7. The molecule has 1 saturated carbocycles. The average molecular weight is 277 g/mol. The average Bonchev–Trinajstić information content (AvgIpc) is 2.41. The van der Waals surface area contributed by atoms with Gasteiger partial charge in [0.2, 0.25) is 0 Å². The molecule has 1 fully saturated rings. The predicted octanol–water partition coefficient (Wildman–Crippen LogP) is 2.77. The van der Waals surface area contributed by atoms with Crippen molar-refractivity contribution in [2.45, 2.75) is 51.2 Å². The second kappa shape index (κ2) is 6.59. The van der Waals surface area contributed by atoms with Crippen LogP contribution in [0.1, 0.15) is 38.7 Å². The fraction of sp³-hybridized carbons (Fsp3) is 0.647. The monoisotopic (exact) mass is 277 g/mol. The van der Waals surface area contributed by atoms with E-state index in [4.69, 9.17) is 4.74 Å². The molecule has 0 aliphatic heterocycles. The van der Waals surface area contributed by atoms with Gasteiger partial charge in [-0.25, -0.2) is 0 Å². The van der Waals surface area contributed by atoms with Crippen LogP contribution in [-0.2, 0) is 6.42 Å². The molecule has 0 aromatic heterocycles. The third-order valence-corrected chi connectivity index (χ3v) is 4.41. The number of benzene rings is 1. The van der Waals surface area contributed by atoms with Crippen LogP contribution < -0.4 is 10.1 Å². The van der Waals surface area contributed by atoms with Crippen LogP contribution >= 0.6 is 0 Å². The van der Waals surface area contributed by atoms with Gasteiger partial charge in [0.25, 0.3) is 0 Å². The van der Waals surface area contributed by atoms with E-state index in [1.54, 1.807) is 7.11 Å². The molecule has 0 radical (unpaired) electrons. The minimum atomic E-state index is -0.464. The Bertz CT molecular complexity index is 427. The Kier molecular flexibility index (Phi) is 5.06. The molecule has 0 bridgehead atoms. The minimum Gasteiger partial charge on any atom is -0.496 e. The molecular formula is C17H27NO2. The first-order valence-electron chi connectivity index (χ1n) is 7.62. The Balaban J connectivity index is 1.98. The molecule has 3 heteroatoms. The molecule has 112 valence electrons. The molecule has 0 amide bonds. The molecule has 1 aliphatic rings. The van der Waals surface area contributed by atoms with Gasteiger partial charge in [-0.2, -0.15) is 0 Å². The lowest BCUT2D eigenvalue weighted by Crippen LogP contribution is -2.50. The van der Waals surface area contributed by atoms with Crippen LogP contribution in [0.25, 0.3) is 0 Å². The van der Waals surface area contributed by atoms with Crippen LogP contribution in [0.2, 0.25) is 0 Å². The molecule has 0 saturated heterocycles. The van der Waals surface area contributed by atoms with Crippen molar-refractivity contribution in [2.75, 3.05) is 13.7 Å². The molecule has 1 atom stereocenters. The summed E-state index contributed by atoms with van der Waals surface area (Å²) in [6.07, 6.45) is 3.94. The van der Waals surface area contributed by atoms with Gasteiger partial charge in [0, 0.05) is 12.6 Å². The lowest BCUT2D eigenvalue weighted by atomic mass is 9.80. The molecule has 1 aromatic rings. The van der Waals surface area contributed by atoms with Crippen molar-refractivity contribution in [1.82, 2.24) is 5.32 Å². The van der Waals surface area contributed by atoms with Gasteiger partial charge in [-0.15, -0.1) is 0 Å². The van der Waals surface area contributed by atoms with Crippen LogP contribution in [0.5, 0.6) is 5.75 Å². The summed E-state index contributed by atoms with van der Waals surface area (Å²) >= 11 is 0. The molecule has 2 N–H and O–H groups in total. The van der Waals surface area contributed by atoms with Crippen LogP contribution in [0.3, 0.4) is 0 Å². The molecule has 1 aromatic carbocycles. The zero-order valence-electron chi connectivity index (χ0n) is 12.9. The number of hydrogen-bond acceptors (Lipinski definition) is 3.